The normalized spacial score (nSPS) is 19.5. The number of ketones is 1. The molecule has 1 fully saturated rings. The molecule has 7 nitrogen and oxygen atoms in total. The van der Waals surface area contributed by atoms with Crippen molar-refractivity contribution < 1.29 is 22.7 Å². The van der Waals surface area contributed by atoms with Gasteiger partial charge in [-0.15, -0.1) is 0 Å². The number of ether oxygens (including phenoxy) is 1. The highest BCUT2D eigenvalue weighted by Gasteiger charge is 2.31. The number of aryl methyl sites for hydroxylation is 3. The lowest BCUT2D eigenvalue weighted by Crippen LogP contribution is -2.17. The summed E-state index contributed by atoms with van der Waals surface area (Å²) >= 11 is 0. The Morgan fingerprint density at radius 2 is 1.94 bits per heavy atom. The van der Waals surface area contributed by atoms with Crippen LogP contribution in [0.4, 0.5) is 0 Å². The monoisotopic (exact) mass is 468 g/mol. The van der Waals surface area contributed by atoms with E-state index in [1.165, 1.54) is 17.7 Å². The number of H-pyrrole nitrogens is 1. The van der Waals surface area contributed by atoms with Gasteiger partial charge in [0.1, 0.15) is 0 Å². The van der Waals surface area contributed by atoms with Gasteiger partial charge in [0.2, 0.25) is 5.78 Å². The van der Waals surface area contributed by atoms with Gasteiger partial charge in [-0.2, -0.15) is 0 Å². The molecule has 1 atom stereocenters. The number of Topliss-reactive ketones (excluding diaryl/α,β-unsaturated/α-hetero) is 1. The number of aromatic nitrogens is 2. The van der Waals surface area contributed by atoms with Crippen LogP contribution in [0.1, 0.15) is 68.7 Å². The van der Waals surface area contributed by atoms with Crippen LogP contribution in [-0.2, 0) is 27.4 Å². The van der Waals surface area contributed by atoms with Crippen molar-refractivity contribution in [2.45, 2.75) is 52.0 Å². The molecule has 2 aromatic heterocycles. The van der Waals surface area contributed by atoms with E-state index in [9.17, 15) is 18.0 Å². The average molecular weight is 469 g/mol. The quantitative estimate of drug-likeness (QED) is 0.453. The number of hydrogen-bond donors (Lipinski definition) is 1. The summed E-state index contributed by atoms with van der Waals surface area (Å²) in [4.78, 5) is 29.0. The molecule has 1 aromatic carbocycles. The molecule has 0 saturated carbocycles. The lowest BCUT2D eigenvalue weighted by molar-refractivity contribution is 0.0474. The summed E-state index contributed by atoms with van der Waals surface area (Å²) < 4.78 is 31.1. The standard InChI is InChI=1S/C25H28N2O5S/c1-15-11-20(16(2)27(15)18-9-10-33(30,31)14-18)24(28)13-32-25(29)17-7-8-23-21(12-17)19-5-3-4-6-22(19)26-23/h7-8,11-12,18,26H,3-6,9-10,13-14H2,1-2H3. The van der Waals surface area contributed by atoms with E-state index in [1.54, 1.807) is 12.1 Å². The number of sulfone groups is 1. The highest BCUT2D eigenvalue weighted by Crippen LogP contribution is 2.31. The van der Waals surface area contributed by atoms with Crippen LogP contribution in [0, 0.1) is 13.8 Å². The smallest absolute Gasteiger partial charge is 0.338 e. The molecule has 0 spiro atoms. The van der Waals surface area contributed by atoms with E-state index in [0.29, 0.717) is 17.5 Å². The van der Waals surface area contributed by atoms with Gasteiger partial charge in [0.15, 0.2) is 16.4 Å². The fourth-order valence-electron chi connectivity index (χ4n) is 5.43. The minimum atomic E-state index is -3.04. The molecule has 3 heterocycles. The number of rotatable bonds is 5. The first-order valence-electron chi connectivity index (χ1n) is 11.5. The van der Waals surface area contributed by atoms with Gasteiger partial charge >= 0.3 is 5.97 Å². The fraction of sp³-hybridized carbons (Fsp3) is 0.440. The second kappa shape index (κ2) is 8.17. The predicted molar refractivity (Wildman–Crippen MR) is 126 cm³/mol. The van der Waals surface area contributed by atoms with Crippen LogP contribution >= 0.6 is 0 Å². The Bertz CT molecular complexity index is 1380. The highest BCUT2D eigenvalue weighted by molar-refractivity contribution is 7.91. The number of aromatic amines is 1. The van der Waals surface area contributed by atoms with Gasteiger partial charge in [-0.3, -0.25) is 4.79 Å². The van der Waals surface area contributed by atoms with Gasteiger partial charge in [-0.25, -0.2) is 13.2 Å². The lowest BCUT2D eigenvalue weighted by atomic mass is 9.95. The Morgan fingerprint density at radius 1 is 1.15 bits per heavy atom. The van der Waals surface area contributed by atoms with Crippen molar-refractivity contribution in [2.75, 3.05) is 18.1 Å². The number of fused-ring (bicyclic) bond motifs is 3. The number of carbonyl (C=O) groups is 2. The molecule has 33 heavy (non-hydrogen) atoms. The minimum absolute atomic E-state index is 0.0946. The largest absolute Gasteiger partial charge is 0.454 e. The van der Waals surface area contributed by atoms with Crippen molar-refractivity contribution in [3.8, 4) is 0 Å². The van der Waals surface area contributed by atoms with Crippen LogP contribution in [0.15, 0.2) is 24.3 Å². The Labute approximate surface area is 193 Å². The number of benzene rings is 1. The first-order valence-corrected chi connectivity index (χ1v) is 13.3. The van der Waals surface area contributed by atoms with E-state index in [0.717, 1.165) is 41.6 Å². The van der Waals surface area contributed by atoms with E-state index in [4.69, 9.17) is 4.74 Å². The third kappa shape index (κ3) is 4.01. The maximum absolute atomic E-state index is 12.9. The van der Waals surface area contributed by atoms with Gasteiger partial charge in [0, 0.05) is 39.6 Å². The molecule has 174 valence electrons. The second-order valence-corrected chi connectivity index (χ2v) is 11.5. The zero-order chi connectivity index (χ0) is 23.3. The number of hydrogen-bond acceptors (Lipinski definition) is 5. The van der Waals surface area contributed by atoms with E-state index in [1.807, 2.05) is 30.5 Å². The molecule has 5 rings (SSSR count). The van der Waals surface area contributed by atoms with Gasteiger partial charge in [0.25, 0.3) is 0 Å². The van der Waals surface area contributed by atoms with Crippen LogP contribution in [0.5, 0.6) is 0 Å². The van der Waals surface area contributed by atoms with Crippen molar-refractivity contribution in [1.82, 2.24) is 9.55 Å². The number of nitrogens with zero attached hydrogens (tertiary/aromatic N) is 1. The number of nitrogens with one attached hydrogen (secondary N) is 1. The van der Waals surface area contributed by atoms with Crippen molar-refractivity contribution >= 4 is 32.5 Å². The molecule has 3 aromatic rings. The summed E-state index contributed by atoms with van der Waals surface area (Å²) in [6.45, 7) is 3.33. The molecule has 1 unspecified atom stereocenters. The molecule has 1 aliphatic carbocycles. The van der Waals surface area contributed by atoms with E-state index in [2.05, 4.69) is 4.98 Å². The Kier molecular flexibility index (Phi) is 5.43. The zero-order valence-electron chi connectivity index (χ0n) is 18.9. The predicted octanol–water partition coefficient (Wildman–Crippen LogP) is 3.86. The summed E-state index contributed by atoms with van der Waals surface area (Å²) in [5, 5.41) is 1.06. The number of esters is 1. The van der Waals surface area contributed by atoms with Crippen LogP contribution < -0.4 is 0 Å². The third-order valence-electron chi connectivity index (χ3n) is 7.03. The van der Waals surface area contributed by atoms with Crippen LogP contribution in [0.25, 0.3) is 10.9 Å². The summed E-state index contributed by atoms with van der Waals surface area (Å²) in [6, 6.07) is 7.08. The topological polar surface area (TPSA) is 98.2 Å². The van der Waals surface area contributed by atoms with Crippen molar-refractivity contribution in [3.05, 3.63) is 58.0 Å². The SMILES string of the molecule is Cc1cc(C(=O)COC(=O)c2ccc3[nH]c4c(c3c2)CCCC4)c(C)n1C1CCS(=O)(=O)C1. The molecular formula is C25H28N2O5S. The average Bonchev–Trinajstić information content (AvgIpc) is 3.43. The molecule has 0 bridgehead atoms. The lowest BCUT2D eigenvalue weighted by Gasteiger charge is -2.16. The molecule has 0 radical (unpaired) electrons. The van der Waals surface area contributed by atoms with Gasteiger partial charge in [-0.1, -0.05) is 0 Å². The maximum Gasteiger partial charge on any atom is 0.338 e. The van der Waals surface area contributed by atoms with Crippen LogP contribution in [-0.4, -0.2) is 47.8 Å². The summed E-state index contributed by atoms with van der Waals surface area (Å²) in [5.41, 5.74) is 6.02. The van der Waals surface area contributed by atoms with Crippen LogP contribution in [0.3, 0.4) is 0 Å². The van der Waals surface area contributed by atoms with Gasteiger partial charge in [0.05, 0.1) is 17.1 Å². The zero-order valence-corrected chi connectivity index (χ0v) is 19.8. The second-order valence-electron chi connectivity index (χ2n) is 9.26. The first kappa shape index (κ1) is 21.9. The summed E-state index contributed by atoms with van der Waals surface area (Å²) in [7, 11) is -3.04. The molecule has 1 aliphatic heterocycles. The molecule has 1 saturated heterocycles. The maximum atomic E-state index is 12.9. The third-order valence-corrected chi connectivity index (χ3v) is 8.78. The Hall–Kier alpha value is -2.87. The Morgan fingerprint density at radius 3 is 2.70 bits per heavy atom. The fourth-order valence-corrected chi connectivity index (χ4v) is 7.13. The minimum Gasteiger partial charge on any atom is -0.454 e. The van der Waals surface area contributed by atoms with Crippen molar-refractivity contribution in [1.29, 1.82) is 0 Å². The molecule has 0 amide bonds. The molecule has 8 heteroatoms. The first-order chi connectivity index (χ1) is 15.7. The molecule has 2 aliphatic rings. The Balaban J connectivity index is 1.30. The van der Waals surface area contributed by atoms with Gasteiger partial charge in [-0.05, 0) is 75.8 Å². The van der Waals surface area contributed by atoms with Gasteiger partial charge < -0.3 is 14.3 Å². The van der Waals surface area contributed by atoms with E-state index in [-0.39, 0.29) is 29.9 Å². The summed E-state index contributed by atoms with van der Waals surface area (Å²) in [6.07, 6.45) is 4.91. The van der Waals surface area contributed by atoms with E-state index >= 15 is 0 Å². The highest BCUT2D eigenvalue weighted by atomic mass is 32.2. The number of carbonyl (C=O) groups excluding carboxylic acids is 2. The molecule has 1 N–H and O–H groups in total. The van der Waals surface area contributed by atoms with Crippen molar-refractivity contribution in [2.24, 2.45) is 0 Å². The molecular weight excluding hydrogens is 440 g/mol. The van der Waals surface area contributed by atoms with Crippen LogP contribution in [0.2, 0.25) is 0 Å². The van der Waals surface area contributed by atoms with Crippen molar-refractivity contribution in [3.63, 3.8) is 0 Å². The van der Waals surface area contributed by atoms with E-state index < -0.39 is 15.8 Å². The summed E-state index contributed by atoms with van der Waals surface area (Å²) in [5.74, 6) is -0.544.